The Hall–Kier alpha value is -4.33. The van der Waals surface area contributed by atoms with Gasteiger partial charge in [-0.15, -0.1) is 0 Å². The van der Waals surface area contributed by atoms with Gasteiger partial charge in [0.25, 0.3) is 5.91 Å². The zero-order valence-electron chi connectivity index (χ0n) is 19.1. The summed E-state index contributed by atoms with van der Waals surface area (Å²) < 4.78 is 15.9. The Bertz CT molecular complexity index is 1310. The second-order valence-electron chi connectivity index (χ2n) is 7.57. The van der Waals surface area contributed by atoms with Crippen molar-refractivity contribution in [3.05, 3.63) is 72.3 Å². The molecular weight excluding hydrogens is 434 g/mol. The number of imidazole rings is 1. The van der Waals surface area contributed by atoms with E-state index in [-0.39, 0.29) is 0 Å². The standard InChI is InChI=1S/C26H25N3O5/c1-4-23(25(30)27-18-6-5-7-20(15-18)33-3)34-26(31)17-10-13-21-22(14-17)29-24(28-21)16-8-11-19(32-2)12-9-16/h5-15,23H,4H2,1-3H3,(H,27,30)(H,28,29). The quantitative estimate of drug-likeness (QED) is 0.366. The van der Waals surface area contributed by atoms with E-state index in [9.17, 15) is 9.59 Å². The molecule has 4 rings (SSSR count). The van der Waals surface area contributed by atoms with Crippen molar-refractivity contribution in [1.29, 1.82) is 0 Å². The van der Waals surface area contributed by atoms with Gasteiger partial charge in [0.05, 0.1) is 30.8 Å². The minimum atomic E-state index is -0.939. The fourth-order valence-corrected chi connectivity index (χ4v) is 3.47. The summed E-state index contributed by atoms with van der Waals surface area (Å²) in [5, 5.41) is 2.76. The Morgan fingerprint density at radius 2 is 1.74 bits per heavy atom. The molecule has 34 heavy (non-hydrogen) atoms. The van der Waals surface area contributed by atoms with Crippen LogP contribution >= 0.6 is 0 Å². The van der Waals surface area contributed by atoms with Crippen molar-refractivity contribution >= 4 is 28.6 Å². The lowest BCUT2D eigenvalue weighted by Gasteiger charge is -2.16. The number of carbonyl (C=O) groups is 2. The molecule has 174 valence electrons. The summed E-state index contributed by atoms with van der Waals surface area (Å²) in [6.45, 7) is 1.78. The Morgan fingerprint density at radius 1 is 0.971 bits per heavy atom. The first kappa shape index (κ1) is 22.8. The number of amides is 1. The molecule has 0 aliphatic heterocycles. The molecule has 0 spiro atoms. The van der Waals surface area contributed by atoms with Gasteiger partial charge in [-0.3, -0.25) is 4.79 Å². The highest BCUT2D eigenvalue weighted by molar-refractivity contribution is 5.99. The highest BCUT2D eigenvalue weighted by Crippen LogP contribution is 2.24. The highest BCUT2D eigenvalue weighted by atomic mass is 16.5. The van der Waals surface area contributed by atoms with Crippen LogP contribution in [0.4, 0.5) is 5.69 Å². The molecule has 0 bridgehead atoms. The molecule has 1 unspecified atom stereocenters. The first-order valence-electron chi connectivity index (χ1n) is 10.8. The molecule has 0 saturated heterocycles. The number of ether oxygens (including phenoxy) is 3. The topological polar surface area (TPSA) is 103 Å². The maximum absolute atomic E-state index is 12.8. The van der Waals surface area contributed by atoms with Crippen molar-refractivity contribution in [2.45, 2.75) is 19.4 Å². The predicted molar refractivity (Wildman–Crippen MR) is 129 cm³/mol. The largest absolute Gasteiger partial charge is 0.497 e. The average Bonchev–Trinajstić information content (AvgIpc) is 3.30. The van der Waals surface area contributed by atoms with Gasteiger partial charge in [-0.25, -0.2) is 9.78 Å². The van der Waals surface area contributed by atoms with E-state index in [1.807, 2.05) is 24.3 Å². The molecule has 0 radical (unpaired) electrons. The monoisotopic (exact) mass is 459 g/mol. The average molecular weight is 460 g/mol. The minimum absolute atomic E-state index is 0.324. The smallest absolute Gasteiger partial charge is 0.338 e. The van der Waals surface area contributed by atoms with Gasteiger partial charge in [-0.1, -0.05) is 13.0 Å². The van der Waals surface area contributed by atoms with Crippen LogP contribution in [0.25, 0.3) is 22.4 Å². The molecule has 0 aliphatic carbocycles. The summed E-state index contributed by atoms with van der Waals surface area (Å²) in [4.78, 5) is 33.3. The molecule has 8 heteroatoms. The van der Waals surface area contributed by atoms with Gasteiger partial charge < -0.3 is 24.5 Å². The normalized spacial score (nSPS) is 11.6. The molecule has 0 fully saturated rings. The summed E-state index contributed by atoms with van der Waals surface area (Å²) >= 11 is 0. The number of hydrogen-bond acceptors (Lipinski definition) is 6. The van der Waals surface area contributed by atoms with Crippen molar-refractivity contribution in [3.63, 3.8) is 0 Å². The van der Waals surface area contributed by atoms with Crippen LogP contribution in [0.3, 0.4) is 0 Å². The first-order valence-corrected chi connectivity index (χ1v) is 10.8. The summed E-state index contributed by atoms with van der Waals surface area (Å²) in [6, 6.07) is 19.5. The molecule has 2 N–H and O–H groups in total. The van der Waals surface area contributed by atoms with Gasteiger partial charge in [0, 0.05) is 17.3 Å². The second kappa shape index (κ2) is 10.1. The predicted octanol–water partition coefficient (Wildman–Crippen LogP) is 4.82. The number of H-pyrrole nitrogens is 1. The summed E-state index contributed by atoms with van der Waals surface area (Å²) in [5.41, 5.74) is 3.18. The molecule has 8 nitrogen and oxygen atoms in total. The molecule has 3 aromatic carbocycles. The number of methoxy groups -OCH3 is 2. The summed E-state index contributed by atoms with van der Waals surface area (Å²) in [6.07, 6.45) is -0.610. The molecule has 1 amide bonds. The van der Waals surface area contributed by atoms with Crippen LogP contribution < -0.4 is 14.8 Å². The van der Waals surface area contributed by atoms with Crippen molar-refractivity contribution in [2.24, 2.45) is 0 Å². The maximum Gasteiger partial charge on any atom is 0.338 e. The van der Waals surface area contributed by atoms with E-state index in [1.54, 1.807) is 63.6 Å². The van der Waals surface area contributed by atoms with Crippen LogP contribution in [-0.4, -0.2) is 42.2 Å². The van der Waals surface area contributed by atoms with Gasteiger partial charge in [-0.05, 0) is 61.0 Å². The zero-order chi connectivity index (χ0) is 24.1. The van der Waals surface area contributed by atoms with Crippen LogP contribution in [0.5, 0.6) is 11.5 Å². The third-order valence-electron chi connectivity index (χ3n) is 5.33. The van der Waals surface area contributed by atoms with Crippen molar-refractivity contribution in [2.75, 3.05) is 19.5 Å². The number of esters is 1. The third-order valence-corrected chi connectivity index (χ3v) is 5.33. The Morgan fingerprint density at radius 3 is 2.44 bits per heavy atom. The van der Waals surface area contributed by atoms with E-state index in [1.165, 1.54) is 0 Å². The number of hydrogen-bond donors (Lipinski definition) is 2. The van der Waals surface area contributed by atoms with Gasteiger partial charge in [0.2, 0.25) is 0 Å². The number of anilines is 1. The number of nitrogens with one attached hydrogen (secondary N) is 2. The molecule has 4 aromatic rings. The van der Waals surface area contributed by atoms with Gasteiger partial charge in [0.15, 0.2) is 6.10 Å². The number of aromatic amines is 1. The van der Waals surface area contributed by atoms with E-state index in [0.29, 0.717) is 40.3 Å². The number of carbonyl (C=O) groups excluding carboxylic acids is 2. The lowest BCUT2D eigenvalue weighted by Crippen LogP contribution is -2.32. The van der Waals surface area contributed by atoms with E-state index in [2.05, 4.69) is 15.3 Å². The van der Waals surface area contributed by atoms with E-state index in [0.717, 1.165) is 11.3 Å². The number of nitrogens with zero attached hydrogens (tertiary/aromatic N) is 1. The molecule has 1 heterocycles. The van der Waals surface area contributed by atoms with Crippen molar-refractivity contribution < 1.29 is 23.8 Å². The first-order chi connectivity index (χ1) is 16.5. The van der Waals surface area contributed by atoms with Crippen molar-refractivity contribution in [1.82, 2.24) is 9.97 Å². The van der Waals surface area contributed by atoms with Gasteiger partial charge >= 0.3 is 5.97 Å². The molecule has 1 atom stereocenters. The number of aromatic nitrogens is 2. The van der Waals surface area contributed by atoms with Gasteiger partial charge in [0.1, 0.15) is 17.3 Å². The van der Waals surface area contributed by atoms with Crippen LogP contribution in [-0.2, 0) is 9.53 Å². The fourth-order valence-electron chi connectivity index (χ4n) is 3.47. The summed E-state index contributed by atoms with van der Waals surface area (Å²) in [7, 11) is 3.16. The molecule has 0 saturated carbocycles. The second-order valence-corrected chi connectivity index (χ2v) is 7.57. The lowest BCUT2D eigenvalue weighted by atomic mass is 10.2. The van der Waals surface area contributed by atoms with E-state index in [4.69, 9.17) is 14.2 Å². The zero-order valence-corrected chi connectivity index (χ0v) is 19.1. The highest BCUT2D eigenvalue weighted by Gasteiger charge is 2.23. The summed E-state index contributed by atoms with van der Waals surface area (Å²) in [5.74, 6) is 1.05. The number of rotatable bonds is 8. The lowest BCUT2D eigenvalue weighted by molar-refractivity contribution is -0.124. The fraction of sp³-hybridized carbons (Fsp3) is 0.192. The maximum atomic E-state index is 12.8. The number of benzene rings is 3. The SMILES string of the molecule is CCC(OC(=O)c1ccc2nc(-c3ccc(OC)cc3)[nH]c2c1)C(=O)Nc1cccc(OC)c1. The Labute approximate surface area is 196 Å². The Kier molecular flexibility index (Phi) is 6.77. The van der Waals surface area contributed by atoms with E-state index < -0.39 is 18.0 Å². The molecular formula is C26H25N3O5. The van der Waals surface area contributed by atoms with Crippen LogP contribution in [0.2, 0.25) is 0 Å². The van der Waals surface area contributed by atoms with Crippen molar-refractivity contribution in [3.8, 4) is 22.9 Å². The van der Waals surface area contributed by atoms with E-state index >= 15 is 0 Å². The van der Waals surface area contributed by atoms with Gasteiger partial charge in [-0.2, -0.15) is 0 Å². The third kappa shape index (κ3) is 5.01. The van der Waals surface area contributed by atoms with Crippen LogP contribution in [0.1, 0.15) is 23.7 Å². The molecule has 1 aromatic heterocycles. The Balaban J connectivity index is 1.47. The van der Waals surface area contributed by atoms with Crippen LogP contribution in [0, 0.1) is 0 Å². The molecule has 0 aliphatic rings. The van der Waals surface area contributed by atoms with Crippen LogP contribution in [0.15, 0.2) is 66.7 Å². The number of fused-ring (bicyclic) bond motifs is 1. The minimum Gasteiger partial charge on any atom is -0.497 e.